The van der Waals surface area contributed by atoms with Crippen LogP contribution in [0.4, 0.5) is 0 Å². The number of amides is 2. The van der Waals surface area contributed by atoms with Crippen LogP contribution in [0.5, 0.6) is 0 Å². The first-order valence-corrected chi connectivity index (χ1v) is 10.4. The van der Waals surface area contributed by atoms with Crippen molar-refractivity contribution in [2.75, 3.05) is 0 Å². The van der Waals surface area contributed by atoms with E-state index in [1.165, 1.54) is 11.8 Å². The van der Waals surface area contributed by atoms with Crippen molar-refractivity contribution >= 4 is 40.1 Å². The minimum Gasteiger partial charge on any atom is -0.339 e. The zero-order valence-corrected chi connectivity index (χ0v) is 18.1. The number of hydrogen-bond donors (Lipinski definition) is 1. The molecule has 1 aliphatic rings. The van der Waals surface area contributed by atoms with Gasteiger partial charge in [-0.1, -0.05) is 71.5 Å². The van der Waals surface area contributed by atoms with Crippen LogP contribution in [-0.4, -0.2) is 31.8 Å². The molecule has 2 aromatic carbocycles. The van der Waals surface area contributed by atoms with Crippen molar-refractivity contribution in [3.05, 3.63) is 70.8 Å². The van der Waals surface area contributed by atoms with E-state index < -0.39 is 10.8 Å². The summed E-state index contributed by atoms with van der Waals surface area (Å²) in [7, 11) is 0. The zero-order chi connectivity index (χ0) is 20.5. The van der Waals surface area contributed by atoms with E-state index in [4.69, 9.17) is 12.2 Å². The van der Waals surface area contributed by atoms with E-state index >= 15 is 0 Å². The largest absolute Gasteiger partial charge is 0.339 e. The SMILES string of the molecule is Cc1ccc(CN2C(=O)C(NC(=O)c3ccc(C)cc3)C(C)(C)SC2=S)cc1. The lowest BCUT2D eigenvalue weighted by Gasteiger charge is -2.42. The number of nitrogens with one attached hydrogen (secondary N) is 1. The summed E-state index contributed by atoms with van der Waals surface area (Å²) in [6.07, 6.45) is 0. The predicted octanol–water partition coefficient (Wildman–Crippen LogP) is 4.24. The fourth-order valence-electron chi connectivity index (χ4n) is 3.06. The molecule has 146 valence electrons. The summed E-state index contributed by atoms with van der Waals surface area (Å²) in [5, 5.41) is 2.93. The minimum absolute atomic E-state index is 0.171. The van der Waals surface area contributed by atoms with Gasteiger partial charge in [-0.3, -0.25) is 14.5 Å². The molecule has 3 rings (SSSR count). The number of carbonyl (C=O) groups excluding carboxylic acids is 2. The quantitative estimate of drug-likeness (QED) is 0.763. The highest BCUT2D eigenvalue weighted by Crippen LogP contribution is 2.37. The van der Waals surface area contributed by atoms with E-state index in [9.17, 15) is 9.59 Å². The van der Waals surface area contributed by atoms with E-state index in [1.54, 1.807) is 17.0 Å². The van der Waals surface area contributed by atoms with Gasteiger partial charge in [0.15, 0.2) is 0 Å². The molecule has 0 aliphatic carbocycles. The van der Waals surface area contributed by atoms with E-state index in [1.807, 2.05) is 64.1 Å². The molecular weight excluding hydrogens is 388 g/mol. The van der Waals surface area contributed by atoms with Gasteiger partial charge in [-0.25, -0.2) is 0 Å². The second kappa shape index (κ2) is 8.05. The standard InChI is InChI=1S/C22H24N2O2S2/c1-14-5-9-16(10-6-14)13-24-20(26)18(22(3,4)28-21(24)27)23-19(25)17-11-7-15(2)8-12-17/h5-12,18H,13H2,1-4H3,(H,23,25). The van der Waals surface area contributed by atoms with Gasteiger partial charge in [0.25, 0.3) is 11.8 Å². The first-order valence-electron chi connectivity index (χ1n) is 9.15. The summed E-state index contributed by atoms with van der Waals surface area (Å²) in [5.74, 6) is -0.426. The molecule has 1 N–H and O–H groups in total. The predicted molar refractivity (Wildman–Crippen MR) is 118 cm³/mol. The number of rotatable bonds is 4. The molecule has 0 saturated carbocycles. The molecule has 0 aromatic heterocycles. The first-order chi connectivity index (χ1) is 13.2. The van der Waals surface area contributed by atoms with Crippen molar-refractivity contribution in [3.63, 3.8) is 0 Å². The second-order valence-corrected chi connectivity index (χ2v) is 9.94. The smallest absolute Gasteiger partial charge is 0.252 e. The second-order valence-electron chi connectivity index (χ2n) is 7.65. The fourth-order valence-corrected chi connectivity index (χ4v) is 4.85. The molecule has 28 heavy (non-hydrogen) atoms. The van der Waals surface area contributed by atoms with Gasteiger partial charge in [-0.2, -0.15) is 0 Å². The van der Waals surface area contributed by atoms with Gasteiger partial charge in [-0.05, 0) is 45.4 Å². The molecule has 1 unspecified atom stereocenters. The Balaban J connectivity index is 1.81. The number of nitrogens with zero attached hydrogens (tertiary/aromatic N) is 1. The summed E-state index contributed by atoms with van der Waals surface area (Å²) in [6.45, 7) is 8.26. The molecule has 2 amide bonds. The minimum atomic E-state index is -0.663. The van der Waals surface area contributed by atoms with Crippen LogP contribution in [0.3, 0.4) is 0 Å². The lowest BCUT2D eigenvalue weighted by Crippen LogP contribution is -2.62. The number of carbonyl (C=O) groups is 2. The summed E-state index contributed by atoms with van der Waals surface area (Å²) < 4.78 is 0.00888. The van der Waals surface area contributed by atoms with Gasteiger partial charge in [0.2, 0.25) is 0 Å². The Morgan fingerprint density at radius 2 is 1.61 bits per heavy atom. The molecule has 0 spiro atoms. The zero-order valence-electron chi connectivity index (χ0n) is 16.5. The molecule has 6 heteroatoms. The van der Waals surface area contributed by atoms with E-state index in [-0.39, 0.29) is 11.8 Å². The van der Waals surface area contributed by atoms with Crippen LogP contribution in [0.25, 0.3) is 0 Å². The van der Waals surface area contributed by atoms with Crippen LogP contribution in [-0.2, 0) is 11.3 Å². The van der Waals surface area contributed by atoms with E-state index in [0.29, 0.717) is 16.4 Å². The lowest BCUT2D eigenvalue weighted by molar-refractivity contribution is -0.130. The number of thiocarbonyl (C=S) groups is 1. The molecule has 1 fully saturated rings. The normalized spacial score (nSPS) is 18.9. The molecule has 1 atom stereocenters. The summed E-state index contributed by atoms with van der Waals surface area (Å²) in [6, 6.07) is 14.7. The maximum absolute atomic E-state index is 13.3. The Hall–Kier alpha value is -2.18. The highest BCUT2D eigenvalue weighted by molar-refractivity contribution is 8.24. The van der Waals surface area contributed by atoms with Crippen LogP contribution < -0.4 is 5.32 Å². The van der Waals surface area contributed by atoms with Crippen molar-refractivity contribution in [1.29, 1.82) is 0 Å². The van der Waals surface area contributed by atoms with Gasteiger partial charge >= 0.3 is 0 Å². The van der Waals surface area contributed by atoms with Crippen LogP contribution >= 0.6 is 24.0 Å². The topological polar surface area (TPSA) is 49.4 Å². The van der Waals surface area contributed by atoms with Gasteiger partial charge < -0.3 is 5.32 Å². The van der Waals surface area contributed by atoms with E-state index in [0.717, 1.165) is 16.7 Å². The third-order valence-electron chi connectivity index (χ3n) is 4.83. The van der Waals surface area contributed by atoms with Crippen molar-refractivity contribution in [1.82, 2.24) is 10.2 Å². The van der Waals surface area contributed by atoms with Gasteiger partial charge in [0.1, 0.15) is 10.4 Å². The first kappa shape index (κ1) is 20.6. The van der Waals surface area contributed by atoms with Crippen molar-refractivity contribution in [2.24, 2.45) is 0 Å². The third kappa shape index (κ3) is 4.45. The molecule has 1 saturated heterocycles. The Kier molecular flexibility index (Phi) is 5.91. The van der Waals surface area contributed by atoms with Crippen LogP contribution in [0, 0.1) is 13.8 Å². The molecule has 0 bridgehead atoms. The molecular formula is C22H24N2O2S2. The Bertz CT molecular complexity index is 905. The highest BCUT2D eigenvalue weighted by atomic mass is 32.2. The monoisotopic (exact) mass is 412 g/mol. The van der Waals surface area contributed by atoms with Crippen molar-refractivity contribution < 1.29 is 9.59 Å². The van der Waals surface area contributed by atoms with Gasteiger partial charge in [0, 0.05) is 10.3 Å². The van der Waals surface area contributed by atoms with Gasteiger partial charge in [-0.15, -0.1) is 0 Å². The summed E-state index contributed by atoms with van der Waals surface area (Å²) in [5.41, 5.74) is 3.79. The number of benzene rings is 2. The lowest BCUT2D eigenvalue weighted by atomic mass is 10.00. The molecule has 4 nitrogen and oxygen atoms in total. The Morgan fingerprint density at radius 1 is 1.07 bits per heavy atom. The summed E-state index contributed by atoms with van der Waals surface area (Å²) >= 11 is 6.96. The maximum atomic E-state index is 13.3. The molecule has 2 aromatic rings. The van der Waals surface area contributed by atoms with Crippen LogP contribution in [0.15, 0.2) is 48.5 Å². The van der Waals surface area contributed by atoms with Gasteiger partial charge in [0.05, 0.1) is 6.54 Å². The maximum Gasteiger partial charge on any atom is 0.252 e. The molecule has 0 radical (unpaired) electrons. The molecule has 1 heterocycles. The Morgan fingerprint density at radius 3 is 2.18 bits per heavy atom. The van der Waals surface area contributed by atoms with Crippen LogP contribution in [0.2, 0.25) is 0 Å². The van der Waals surface area contributed by atoms with Crippen molar-refractivity contribution in [3.8, 4) is 0 Å². The average molecular weight is 413 g/mol. The third-order valence-corrected chi connectivity index (χ3v) is 6.46. The average Bonchev–Trinajstić information content (AvgIpc) is 2.64. The van der Waals surface area contributed by atoms with Crippen LogP contribution in [0.1, 0.15) is 40.9 Å². The van der Waals surface area contributed by atoms with Crippen molar-refractivity contribution in [2.45, 2.75) is 45.0 Å². The molecule has 1 aliphatic heterocycles. The summed E-state index contributed by atoms with van der Waals surface area (Å²) in [4.78, 5) is 27.6. The van der Waals surface area contributed by atoms with E-state index in [2.05, 4.69) is 5.32 Å². The number of hydrogen-bond acceptors (Lipinski definition) is 4. The fraction of sp³-hybridized carbons (Fsp3) is 0.318. The highest BCUT2D eigenvalue weighted by Gasteiger charge is 2.46. The number of aryl methyl sites for hydroxylation is 2. The number of thioether (sulfide) groups is 1. The Labute approximate surface area is 175 Å².